The first kappa shape index (κ1) is 10.2. The highest BCUT2D eigenvalue weighted by atomic mass is 79.9. The first-order valence-electron chi connectivity index (χ1n) is 4.48. The molecule has 1 aromatic rings. The van der Waals surface area contributed by atoms with Crippen LogP contribution in [0.3, 0.4) is 0 Å². The predicted octanol–water partition coefficient (Wildman–Crippen LogP) is 0.579. The maximum Gasteiger partial charge on any atom is 0.169 e. The van der Waals surface area contributed by atoms with E-state index in [0.717, 1.165) is 5.76 Å². The third kappa shape index (κ3) is 2.17. The van der Waals surface area contributed by atoms with Gasteiger partial charge >= 0.3 is 0 Å². The topological polar surface area (TPSA) is 56.8 Å². The number of aliphatic hydroxyl groups excluding tert-OH is 2. The molecule has 5 heteroatoms. The lowest BCUT2D eigenvalue weighted by molar-refractivity contribution is 0.0572. The van der Waals surface area contributed by atoms with E-state index in [9.17, 15) is 10.2 Å². The average Bonchev–Trinajstić information content (AvgIpc) is 2.62. The number of halogens is 1. The van der Waals surface area contributed by atoms with E-state index in [4.69, 9.17) is 4.42 Å². The highest BCUT2D eigenvalue weighted by molar-refractivity contribution is 9.10. The Morgan fingerprint density at radius 2 is 2.00 bits per heavy atom. The van der Waals surface area contributed by atoms with Gasteiger partial charge in [0.1, 0.15) is 5.76 Å². The van der Waals surface area contributed by atoms with Gasteiger partial charge in [-0.1, -0.05) is 0 Å². The molecule has 78 valence electrons. The summed E-state index contributed by atoms with van der Waals surface area (Å²) in [6.45, 7) is 1.62. The average molecular weight is 262 g/mol. The fourth-order valence-corrected chi connectivity index (χ4v) is 1.97. The molecule has 1 aromatic heterocycles. The van der Waals surface area contributed by atoms with Gasteiger partial charge in [-0.2, -0.15) is 0 Å². The van der Waals surface area contributed by atoms with Crippen molar-refractivity contribution < 1.29 is 14.6 Å². The molecule has 4 nitrogen and oxygen atoms in total. The number of aliphatic hydroxyl groups is 2. The van der Waals surface area contributed by atoms with Crippen LogP contribution in [-0.4, -0.2) is 40.4 Å². The number of β-amino-alcohol motifs (C(OH)–C–C–N with tert-alkyl or cyclic N) is 2. The highest BCUT2D eigenvalue weighted by Gasteiger charge is 2.29. The zero-order valence-electron chi connectivity index (χ0n) is 7.56. The van der Waals surface area contributed by atoms with Gasteiger partial charge in [0.25, 0.3) is 0 Å². The molecule has 0 amide bonds. The summed E-state index contributed by atoms with van der Waals surface area (Å²) in [4.78, 5) is 1.96. The van der Waals surface area contributed by atoms with Gasteiger partial charge < -0.3 is 14.6 Å². The van der Waals surface area contributed by atoms with E-state index in [0.29, 0.717) is 24.3 Å². The molecule has 0 bridgehead atoms. The molecule has 14 heavy (non-hydrogen) atoms. The Bertz CT molecular complexity index is 305. The van der Waals surface area contributed by atoms with Gasteiger partial charge in [-0.15, -0.1) is 0 Å². The summed E-state index contributed by atoms with van der Waals surface area (Å²) >= 11 is 3.22. The molecule has 0 radical (unpaired) electrons. The number of nitrogens with zero attached hydrogens (tertiary/aromatic N) is 1. The van der Waals surface area contributed by atoms with Crippen molar-refractivity contribution in [3.63, 3.8) is 0 Å². The molecule has 2 rings (SSSR count). The van der Waals surface area contributed by atoms with E-state index in [1.807, 2.05) is 17.0 Å². The summed E-state index contributed by atoms with van der Waals surface area (Å²) < 4.78 is 6.03. The second-order valence-electron chi connectivity index (χ2n) is 3.53. The van der Waals surface area contributed by atoms with Crippen LogP contribution < -0.4 is 0 Å². The van der Waals surface area contributed by atoms with Gasteiger partial charge in [-0.25, -0.2) is 0 Å². The zero-order chi connectivity index (χ0) is 10.1. The van der Waals surface area contributed by atoms with Crippen molar-refractivity contribution in [3.05, 3.63) is 22.6 Å². The third-order valence-electron chi connectivity index (χ3n) is 2.34. The standard InChI is InChI=1S/C9H12BrNO3/c10-9-2-1-6(14-9)3-11-4-7(12)8(13)5-11/h1-2,7-8,12-13H,3-5H2/t7-,8+. The van der Waals surface area contributed by atoms with Gasteiger partial charge in [-0.05, 0) is 28.1 Å². The normalized spacial score (nSPS) is 28.5. The summed E-state index contributed by atoms with van der Waals surface area (Å²) in [5.74, 6) is 0.832. The summed E-state index contributed by atoms with van der Waals surface area (Å²) in [7, 11) is 0. The number of likely N-dealkylation sites (tertiary alicyclic amines) is 1. The molecule has 1 fully saturated rings. The van der Waals surface area contributed by atoms with Crippen molar-refractivity contribution >= 4 is 15.9 Å². The van der Waals surface area contributed by atoms with Crippen molar-refractivity contribution in [2.75, 3.05) is 13.1 Å². The lowest BCUT2D eigenvalue weighted by atomic mass is 10.3. The number of furan rings is 1. The molecule has 1 saturated heterocycles. The minimum absolute atomic E-state index is 0.499. The maximum atomic E-state index is 9.32. The van der Waals surface area contributed by atoms with Crippen molar-refractivity contribution in [2.24, 2.45) is 0 Å². The summed E-state index contributed by atoms with van der Waals surface area (Å²) in [6, 6.07) is 3.71. The number of hydrogen-bond donors (Lipinski definition) is 2. The number of rotatable bonds is 2. The van der Waals surface area contributed by atoms with Crippen molar-refractivity contribution in [2.45, 2.75) is 18.8 Å². The van der Waals surface area contributed by atoms with Crippen LogP contribution in [0.4, 0.5) is 0 Å². The first-order chi connectivity index (χ1) is 6.65. The molecule has 2 atom stereocenters. The highest BCUT2D eigenvalue weighted by Crippen LogP contribution is 2.18. The van der Waals surface area contributed by atoms with Gasteiger partial charge in [0.2, 0.25) is 0 Å². The minimum atomic E-state index is -0.631. The third-order valence-corrected chi connectivity index (χ3v) is 2.77. The molecular formula is C9H12BrNO3. The van der Waals surface area contributed by atoms with Gasteiger partial charge in [-0.3, -0.25) is 4.90 Å². The Labute approximate surface area is 90.3 Å². The van der Waals surface area contributed by atoms with Crippen molar-refractivity contribution in [1.82, 2.24) is 4.90 Å². The predicted molar refractivity (Wildman–Crippen MR) is 53.7 cm³/mol. The second-order valence-corrected chi connectivity index (χ2v) is 4.32. The molecule has 2 heterocycles. The van der Waals surface area contributed by atoms with Gasteiger partial charge in [0, 0.05) is 13.1 Å². The maximum absolute atomic E-state index is 9.32. The van der Waals surface area contributed by atoms with E-state index in [1.54, 1.807) is 0 Å². The van der Waals surface area contributed by atoms with Crippen LogP contribution >= 0.6 is 15.9 Å². The van der Waals surface area contributed by atoms with E-state index < -0.39 is 12.2 Å². The monoisotopic (exact) mass is 261 g/mol. The molecule has 1 aliphatic rings. The second kappa shape index (κ2) is 4.02. The smallest absolute Gasteiger partial charge is 0.169 e. The van der Waals surface area contributed by atoms with E-state index >= 15 is 0 Å². The molecule has 0 spiro atoms. The lowest BCUT2D eigenvalue weighted by Crippen LogP contribution is -2.22. The van der Waals surface area contributed by atoms with E-state index in [1.165, 1.54) is 0 Å². The summed E-state index contributed by atoms with van der Waals surface area (Å²) in [6.07, 6.45) is -1.26. The Balaban J connectivity index is 1.93. The fourth-order valence-electron chi connectivity index (χ4n) is 1.63. The molecule has 0 aromatic carbocycles. The number of hydrogen-bond acceptors (Lipinski definition) is 4. The largest absolute Gasteiger partial charge is 0.453 e. The zero-order valence-corrected chi connectivity index (χ0v) is 9.14. The van der Waals surface area contributed by atoms with E-state index in [-0.39, 0.29) is 0 Å². The Hall–Kier alpha value is -0.360. The quantitative estimate of drug-likeness (QED) is 0.818. The molecule has 0 saturated carbocycles. The molecule has 0 aliphatic carbocycles. The molecule has 2 N–H and O–H groups in total. The van der Waals surface area contributed by atoms with Crippen LogP contribution in [0.1, 0.15) is 5.76 Å². The molecule has 1 aliphatic heterocycles. The lowest BCUT2D eigenvalue weighted by Gasteiger charge is -2.11. The SMILES string of the molecule is O[C@@H]1CN(Cc2ccc(Br)o2)C[C@@H]1O. The molecular weight excluding hydrogens is 250 g/mol. The van der Waals surface area contributed by atoms with Crippen molar-refractivity contribution in [3.8, 4) is 0 Å². The van der Waals surface area contributed by atoms with Gasteiger partial charge in [0.15, 0.2) is 4.67 Å². The van der Waals surface area contributed by atoms with Crippen LogP contribution in [0.15, 0.2) is 21.2 Å². The summed E-state index contributed by atoms with van der Waals surface area (Å²) in [5, 5.41) is 18.6. The fraction of sp³-hybridized carbons (Fsp3) is 0.556. The van der Waals surface area contributed by atoms with Crippen LogP contribution in [-0.2, 0) is 6.54 Å². The van der Waals surface area contributed by atoms with E-state index in [2.05, 4.69) is 15.9 Å². The Morgan fingerprint density at radius 3 is 2.50 bits per heavy atom. The van der Waals surface area contributed by atoms with Crippen LogP contribution in [0, 0.1) is 0 Å². The Morgan fingerprint density at radius 1 is 1.36 bits per heavy atom. The van der Waals surface area contributed by atoms with Crippen LogP contribution in [0.2, 0.25) is 0 Å². The Kier molecular flexibility index (Phi) is 2.92. The first-order valence-corrected chi connectivity index (χ1v) is 5.27. The minimum Gasteiger partial charge on any atom is -0.453 e. The van der Waals surface area contributed by atoms with Crippen molar-refractivity contribution in [1.29, 1.82) is 0 Å². The van der Waals surface area contributed by atoms with Crippen LogP contribution in [0.5, 0.6) is 0 Å². The summed E-state index contributed by atoms with van der Waals surface area (Å²) in [5.41, 5.74) is 0. The van der Waals surface area contributed by atoms with Crippen LogP contribution in [0.25, 0.3) is 0 Å². The molecule has 0 unspecified atom stereocenters. The van der Waals surface area contributed by atoms with Gasteiger partial charge in [0.05, 0.1) is 18.8 Å².